The molecular weight excluding hydrogens is 534 g/mol. The lowest BCUT2D eigenvalue weighted by Crippen LogP contribution is -2.61. The molecule has 16 heteroatoms. The minimum atomic E-state index is -1.60. The van der Waals surface area contributed by atoms with E-state index in [0.717, 1.165) is 0 Å². The third-order valence-corrected chi connectivity index (χ3v) is 5.64. The lowest BCUT2D eigenvalue weighted by molar-refractivity contribution is -0.143. The van der Waals surface area contributed by atoms with Crippen LogP contribution in [-0.4, -0.2) is 98.3 Å². The Morgan fingerprint density at radius 1 is 0.675 bits per heavy atom. The van der Waals surface area contributed by atoms with Crippen LogP contribution >= 0.6 is 0 Å². The molecule has 0 aliphatic rings. The Kier molecular flexibility index (Phi) is 15.4. The summed E-state index contributed by atoms with van der Waals surface area (Å²) in [6, 6.07) is -7.13. The smallest absolute Gasteiger partial charge is 0.326 e. The summed E-state index contributed by atoms with van der Waals surface area (Å²) in [4.78, 5) is 84.3. The van der Waals surface area contributed by atoms with Crippen LogP contribution in [0.4, 0.5) is 0 Å². The minimum absolute atomic E-state index is 0.0788. The normalized spacial score (nSPS) is 15.6. The van der Waals surface area contributed by atoms with Gasteiger partial charge < -0.3 is 47.4 Å². The molecule has 0 aromatic carbocycles. The number of carbonyl (C=O) groups is 7. The second-order valence-corrected chi connectivity index (χ2v) is 10.2. The van der Waals surface area contributed by atoms with E-state index < -0.39 is 96.6 Å². The van der Waals surface area contributed by atoms with E-state index in [-0.39, 0.29) is 18.8 Å². The van der Waals surface area contributed by atoms with Crippen molar-refractivity contribution < 1.29 is 54.0 Å². The predicted octanol–water partition coefficient (Wildman–Crippen LogP) is -2.24. The molecule has 10 N–H and O–H groups in total. The van der Waals surface area contributed by atoms with Gasteiger partial charge in [-0.1, -0.05) is 27.7 Å². The van der Waals surface area contributed by atoms with Crippen molar-refractivity contribution in [3.63, 3.8) is 0 Å². The standard InChI is InChI=1S/C24H41N5O11/c1-10(2)8-15(21(36)26-14(24(39)40)6-7-16(31)32)27-22(37)18(11(3)4)28-23(38)19(12(5)30)29-20(35)13(25)9-17(33)34/h10-15,18-19,30H,6-9,25H2,1-5H3,(H,26,36)(H,27,37)(H,28,38)(H,29,35)(H,31,32)(H,33,34)(H,39,40)/t12-,13+,14+,15+,18+,19+/m1/s1. The maximum absolute atomic E-state index is 13.2. The molecule has 0 fully saturated rings. The molecule has 6 atom stereocenters. The molecule has 0 bridgehead atoms. The van der Waals surface area contributed by atoms with Crippen LogP contribution < -0.4 is 27.0 Å². The molecule has 0 aliphatic heterocycles. The highest BCUT2D eigenvalue weighted by atomic mass is 16.4. The largest absolute Gasteiger partial charge is 0.481 e. The molecule has 40 heavy (non-hydrogen) atoms. The summed E-state index contributed by atoms with van der Waals surface area (Å²) in [7, 11) is 0. The highest BCUT2D eigenvalue weighted by molar-refractivity contribution is 5.96. The van der Waals surface area contributed by atoms with Gasteiger partial charge in [0.2, 0.25) is 23.6 Å². The predicted molar refractivity (Wildman–Crippen MR) is 138 cm³/mol. The van der Waals surface area contributed by atoms with E-state index in [1.807, 2.05) is 0 Å². The molecule has 4 amide bonds. The number of carboxylic acids is 3. The molecule has 0 rings (SSSR count). The second kappa shape index (κ2) is 17.0. The van der Waals surface area contributed by atoms with Gasteiger partial charge in [-0.25, -0.2) is 4.79 Å². The Morgan fingerprint density at radius 2 is 1.18 bits per heavy atom. The first-order chi connectivity index (χ1) is 18.4. The van der Waals surface area contributed by atoms with Crippen molar-refractivity contribution in [2.45, 2.75) is 96.6 Å². The number of hydrogen-bond donors (Lipinski definition) is 9. The zero-order valence-electron chi connectivity index (χ0n) is 23.2. The topological polar surface area (TPSA) is 275 Å². The maximum Gasteiger partial charge on any atom is 0.326 e. The fraction of sp³-hybridized carbons (Fsp3) is 0.708. The van der Waals surface area contributed by atoms with Gasteiger partial charge in [-0.3, -0.25) is 28.8 Å². The monoisotopic (exact) mass is 575 g/mol. The molecule has 0 aromatic rings. The SMILES string of the molecule is CC(C)C[C@H](NC(=O)[C@@H](NC(=O)[C@@H](NC(=O)[C@@H](N)CC(=O)O)[C@@H](C)O)C(C)C)C(=O)N[C@@H](CCC(=O)O)C(=O)O. The second-order valence-electron chi connectivity index (χ2n) is 10.2. The van der Waals surface area contributed by atoms with E-state index in [0.29, 0.717) is 0 Å². The van der Waals surface area contributed by atoms with Crippen LogP contribution in [0.2, 0.25) is 0 Å². The summed E-state index contributed by atoms with van der Waals surface area (Å²) in [5.74, 6) is -8.44. The van der Waals surface area contributed by atoms with Crippen LogP contribution in [0.3, 0.4) is 0 Å². The first kappa shape index (κ1) is 36.2. The van der Waals surface area contributed by atoms with Gasteiger partial charge in [-0.2, -0.15) is 0 Å². The van der Waals surface area contributed by atoms with Gasteiger partial charge in [-0.05, 0) is 31.6 Å². The average Bonchev–Trinajstić information content (AvgIpc) is 2.80. The summed E-state index contributed by atoms with van der Waals surface area (Å²) in [5.41, 5.74) is 5.50. The van der Waals surface area contributed by atoms with Gasteiger partial charge in [0, 0.05) is 6.42 Å². The molecule has 0 unspecified atom stereocenters. The molecule has 0 spiro atoms. The van der Waals surface area contributed by atoms with Crippen LogP contribution in [0.25, 0.3) is 0 Å². The van der Waals surface area contributed by atoms with Gasteiger partial charge in [0.25, 0.3) is 0 Å². The van der Waals surface area contributed by atoms with Crippen LogP contribution in [-0.2, 0) is 33.6 Å². The first-order valence-electron chi connectivity index (χ1n) is 12.7. The first-order valence-corrected chi connectivity index (χ1v) is 12.7. The quantitative estimate of drug-likeness (QED) is 0.0839. The minimum Gasteiger partial charge on any atom is -0.481 e. The van der Waals surface area contributed by atoms with Gasteiger partial charge in [-0.15, -0.1) is 0 Å². The Labute approximate surface area is 231 Å². The van der Waals surface area contributed by atoms with Crippen molar-refractivity contribution in [2.24, 2.45) is 17.6 Å². The molecular formula is C24H41N5O11. The van der Waals surface area contributed by atoms with Crippen LogP contribution in [0.15, 0.2) is 0 Å². The molecule has 0 aromatic heterocycles. The molecule has 0 radical (unpaired) electrons. The van der Waals surface area contributed by atoms with Crippen molar-refractivity contribution in [3.05, 3.63) is 0 Å². The highest BCUT2D eigenvalue weighted by Crippen LogP contribution is 2.10. The van der Waals surface area contributed by atoms with E-state index in [1.165, 1.54) is 6.92 Å². The maximum atomic E-state index is 13.2. The Bertz CT molecular complexity index is 938. The zero-order chi connectivity index (χ0) is 31.3. The average molecular weight is 576 g/mol. The third-order valence-electron chi connectivity index (χ3n) is 5.64. The Morgan fingerprint density at radius 3 is 1.60 bits per heavy atom. The van der Waals surface area contributed by atoms with Gasteiger partial charge >= 0.3 is 17.9 Å². The van der Waals surface area contributed by atoms with Gasteiger partial charge in [0.15, 0.2) is 0 Å². The molecule has 0 saturated carbocycles. The van der Waals surface area contributed by atoms with E-state index >= 15 is 0 Å². The fourth-order valence-corrected chi connectivity index (χ4v) is 3.49. The zero-order valence-corrected chi connectivity index (χ0v) is 23.2. The Balaban J connectivity index is 5.72. The van der Waals surface area contributed by atoms with Gasteiger partial charge in [0.1, 0.15) is 24.2 Å². The lowest BCUT2D eigenvalue weighted by atomic mass is 9.99. The van der Waals surface area contributed by atoms with Crippen molar-refractivity contribution in [1.82, 2.24) is 21.3 Å². The van der Waals surface area contributed by atoms with Crippen molar-refractivity contribution >= 4 is 41.5 Å². The summed E-state index contributed by atoms with van der Waals surface area (Å²) in [5, 5.41) is 46.3. The summed E-state index contributed by atoms with van der Waals surface area (Å²) >= 11 is 0. The number of carboxylic acid groups (broad SMARTS) is 3. The number of hydrogen-bond acceptors (Lipinski definition) is 9. The van der Waals surface area contributed by atoms with Gasteiger partial charge in [0.05, 0.1) is 18.6 Å². The Hall–Kier alpha value is -3.79. The van der Waals surface area contributed by atoms with Crippen molar-refractivity contribution in [1.29, 1.82) is 0 Å². The lowest BCUT2D eigenvalue weighted by Gasteiger charge is -2.29. The van der Waals surface area contributed by atoms with Crippen LogP contribution in [0.1, 0.15) is 60.3 Å². The molecule has 0 heterocycles. The molecule has 0 aliphatic carbocycles. The number of aliphatic hydroxyl groups excluding tert-OH is 1. The van der Waals surface area contributed by atoms with Crippen LogP contribution in [0.5, 0.6) is 0 Å². The number of amides is 4. The number of rotatable bonds is 18. The number of nitrogens with two attached hydrogens (primary N) is 1. The summed E-state index contributed by atoms with van der Waals surface area (Å²) in [6.07, 6.45) is -3.01. The van der Waals surface area contributed by atoms with E-state index in [9.17, 15) is 43.8 Å². The third kappa shape index (κ3) is 13.3. The summed E-state index contributed by atoms with van der Waals surface area (Å²) < 4.78 is 0. The highest BCUT2D eigenvalue weighted by Gasteiger charge is 2.35. The van der Waals surface area contributed by atoms with Crippen molar-refractivity contribution in [3.8, 4) is 0 Å². The van der Waals surface area contributed by atoms with Crippen LogP contribution in [0, 0.1) is 11.8 Å². The fourth-order valence-electron chi connectivity index (χ4n) is 3.49. The number of aliphatic carboxylic acids is 3. The van der Waals surface area contributed by atoms with E-state index in [4.69, 9.17) is 15.9 Å². The number of carbonyl (C=O) groups excluding carboxylic acids is 4. The molecule has 16 nitrogen and oxygen atoms in total. The summed E-state index contributed by atoms with van der Waals surface area (Å²) in [6.45, 7) is 7.83. The molecule has 228 valence electrons. The number of nitrogens with one attached hydrogen (secondary N) is 4. The number of aliphatic hydroxyl groups is 1. The van der Waals surface area contributed by atoms with E-state index in [2.05, 4.69) is 21.3 Å². The molecule has 0 saturated heterocycles. The van der Waals surface area contributed by atoms with Crippen molar-refractivity contribution in [2.75, 3.05) is 0 Å². The van der Waals surface area contributed by atoms with E-state index in [1.54, 1.807) is 27.7 Å².